The number of benzene rings is 1. The van der Waals surface area contributed by atoms with Crippen molar-refractivity contribution >= 4 is 17.6 Å². The molecular formula is C19H19F2N7O2. The van der Waals surface area contributed by atoms with Gasteiger partial charge in [0.05, 0.1) is 12.2 Å². The molecular weight excluding hydrogens is 396 g/mol. The molecule has 0 saturated carbocycles. The summed E-state index contributed by atoms with van der Waals surface area (Å²) in [6.07, 6.45) is 1.66. The number of rotatable bonds is 4. The molecule has 0 spiro atoms. The lowest BCUT2D eigenvalue weighted by Crippen LogP contribution is -2.47. The summed E-state index contributed by atoms with van der Waals surface area (Å²) in [5.41, 5.74) is 1.15. The molecule has 156 valence electrons. The minimum absolute atomic E-state index is 0.0422. The first kappa shape index (κ1) is 19.7. The molecule has 0 saturated heterocycles. The summed E-state index contributed by atoms with van der Waals surface area (Å²) in [7, 11) is 1.63. The van der Waals surface area contributed by atoms with Crippen molar-refractivity contribution in [3.8, 4) is 0 Å². The zero-order chi connectivity index (χ0) is 21.4. The Labute approximate surface area is 170 Å². The van der Waals surface area contributed by atoms with Crippen molar-refractivity contribution in [3.63, 3.8) is 0 Å². The minimum atomic E-state index is -0.756. The first-order chi connectivity index (χ1) is 14.3. The molecule has 1 aliphatic rings. The number of likely N-dealkylation sites (N-methyl/N-ethyl adjacent to an activating group) is 1. The number of hydrogen-bond donors (Lipinski definition) is 1. The number of nitrogens with zero attached hydrogens (tertiary/aromatic N) is 6. The molecule has 30 heavy (non-hydrogen) atoms. The van der Waals surface area contributed by atoms with Crippen LogP contribution in [0.3, 0.4) is 0 Å². The second-order valence-electron chi connectivity index (χ2n) is 7.12. The number of anilines is 1. The molecule has 2 amide bonds. The van der Waals surface area contributed by atoms with Gasteiger partial charge in [0.25, 0.3) is 11.8 Å². The van der Waals surface area contributed by atoms with Crippen LogP contribution in [0.5, 0.6) is 0 Å². The van der Waals surface area contributed by atoms with Gasteiger partial charge < -0.3 is 5.32 Å². The van der Waals surface area contributed by atoms with Crippen LogP contribution in [-0.2, 0) is 17.9 Å². The summed E-state index contributed by atoms with van der Waals surface area (Å²) in [6, 6.07) is 4.18. The molecule has 0 aliphatic carbocycles. The number of halogens is 2. The highest BCUT2D eigenvalue weighted by atomic mass is 19.1. The summed E-state index contributed by atoms with van der Waals surface area (Å²) in [6.45, 7) is 2.36. The molecule has 4 rings (SSSR count). The van der Waals surface area contributed by atoms with Crippen molar-refractivity contribution < 1.29 is 18.4 Å². The molecule has 1 N–H and O–H groups in total. The van der Waals surface area contributed by atoms with Crippen molar-refractivity contribution in [2.75, 3.05) is 11.9 Å². The highest BCUT2D eigenvalue weighted by Crippen LogP contribution is 2.21. The quantitative estimate of drug-likeness (QED) is 0.692. The van der Waals surface area contributed by atoms with E-state index in [1.165, 1.54) is 28.0 Å². The maximum Gasteiger partial charge on any atom is 0.291 e. The fraction of sp³-hybridized carbons (Fsp3) is 0.316. The lowest BCUT2D eigenvalue weighted by atomic mass is 10.2. The van der Waals surface area contributed by atoms with E-state index in [1.54, 1.807) is 17.8 Å². The lowest BCUT2D eigenvalue weighted by Gasteiger charge is -2.19. The van der Waals surface area contributed by atoms with E-state index in [4.69, 9.17) is 0 Å². The second-order valence-corrected chi connectivity index (χ2v) is 7.12. The Bertz CT molecular complexity index is 1100. The van der Waals surface area contributed by atoms with Gasteiger partial charge in [0, 0.05) is 25.7 Å². The normalized spacial score (nSPS) is 16.3. The molecule has 3 aromatic rings. The van der Waals surface area contributed by atoms with Gasteiger partial charge in [-0.2, -0.15) is 5.10 Å². The summed E-state index contributed by atoms with van der Waals surface area (Å²) in [5, 5.41) is 11.1. The van der Waals surface area contributed by atoms with E-state index in [1.807, 2.05) is 6.92 Å². The minimum Gasteiger partial charge on any atom is -0.337 e. The lowest BCUT2D eigenvalue weighted by molar-refractivity contribution is -0.120. The highest BCUT2D eigenvalue weighted by molar-refractivity contribution is 6.00. The number of hydrogen-bond acceptors (Lipinski definition) is 5. The molecule has 11 heteroatoms. The molecule has 1 aromatic carbocycles. The van der Waals surface area contributed by atoms with Crippen molar-refractivity contribution in [2.45, 2.75) is 32.5 Å². The smallest absolute Gasteiger partial charge is 0.291 e. The standard InChI is InChI=1S/C19H19F2N7O2/c1-11-5-16-26(2)19(30)15(3-4-28(16)24-11)23-18(29)17-22-10-27(25-17)9-12-6-13(20)8-14(21)7-12/h5-8,10,15H,3-4,9H2,1-2H3,(H,23,29). The fourth-order valence-electron chi connectivity index (χ4n) is 3.41. The topological polar surface area (TPSA) is 97.9 Å². The fourth-order valence-corrected chi connectivity index (χ4v) is 3.41. The van der Waals surface area contributed by atoms with E-state index in [2.05, 4.69) is 20.5 Å². The number of aromatic nitrogens is 5. The van der Waals surface area contributed by atoms with Gasteiger partial charge in [0.1, 0.15) is 29.8 Å². The molecule has 9 nitrogen and oxygen atoms in total. The first-order valence-corrected chi connectivity index (χ1v) is 9.27. The Hall–Kier alpha value is -3.63. The van der Waals surface area contributed by atoms with Gasteiger partial charge in [-0.25, -0.2) is 23.1 Å². The molecule has 1 aliphatic heterocycles. The molecule has 1 atom stereocenters. The third-order valence-corrected chi connectivity index (χ3v) is 4.79. The summed E-state index contributed by atoms with van der Waals surface area (Å²) >= 11 is 0. The molecule has 3 heterocycles. The van der Waals surface area contributed by atoms with E-state index in [0.29, 0.717) is 24.3 Å². The monoisotopic (exact) mass is 415 g/mol. The average molecular weight is 415 g/mol. The Morgan fingerprint density at radius 1 is 1.20 bits per heavy atom. The van der Waals surface area contributed by atoms with Crippen LogP contribution in [-0.4, -0.2) is 49.4 Å². The van der Waals surface area contributed by atoms with Crippen LogP contribution in [0, 0.1) is 18.6 Å². The van der Waals surface area contributed by atoms with Gasteiger partial charge in [-0.15, -0.1) is 5.10 Å². The third kappa shape index (κ3) is 3.91. The average Bonchev–Trinajstić information content (AvgIpc) is 3.27. The number of fused-ring (bicyclic) bond motifs is 1. The number of carbonyl (C=O) groups is 2. The van der Waals surface area contributed by atoms with Gasteiger partial charge >= 0.3 is 0 Å². The van der Waals surface area contributed by atoms with E-state index < -0.39 is 23.6 Å². The summed E-state index contributed by atoms with van der Waals surface area (Å²) < 4.78 is 29.7. The number of aryl methyl sites for hydroxylation is 2. The van der Waals surface area contributed by atoms with Gasteiger partial charge in [0.2, 0.25) is 5.82 Å². The maximum atomic E-state index is 13.3. The molecule has 1 unspecified atom stereocenters. The van der Waals surface area contributed by atoms with Crippen LogP contribution >= 0.6 is 0 Å². The predicted octanol–water partition coefficient (Wildman–Crippen LogP) is 1.27. The van der Waals surface area contributed by atoms with Crippen molar-refractivity contribution in [1.82, 2.24) is 29.9 Å². The zero-order valence-corrected chi connectivity index (χ0v) is 16.3. The van der Waals surface area contributed by atoms with Gasteiger partial charge in [-0.1, -0.05) is 0 Å². The van der Waals surface area contributed by atoms with Crippen LogP contribution in [0.25, 0.3) is 0 Å². The van der Waals surface area contributed by atoms with Gasteiger partial charge in [-0.05, 0) is 31.0 Å². The van der Waals surface area contributed by atoms with Crippen molar-refractivity contribution in [3.05, 3.63) is 59.3 Å². The Morgan fingerprint density at radius 3 is 2.67 bits per heavy atom. The molecule has 0 radical (unpaired) electrons. The summed E-state index contributed by atoms with van der Waals surface area (Å²) in [5.74, 6) is -1.75. The second kappa shape index (κ2) is 7.65. The highest BCUT2D eigenvalue weighted by Gasteiger charge is 2.31. The van der Waals surface area contributed by atoms with Crippen LogP contribution in [0.15, 0.2) is 30.6 Å². The van der Waals surface area contributed by atoms with Crippen LogP contribution in [0.4, 0.5) is 14.6 Å². The first-order valence-electron chi connectivity index (χ1n) is 9.27. The van der Waals surface area contributed by atoms with Crippen molar-refractivity contribution in [2.24, 2.45) is 0 Å². The molecule has 0 fully saturated rings. The van der Waals surface area contributed by atoms with Crippen LogP contribution in [0.1, 0.15) is 28.3 Å². The Morgan fingerprint density at radius 2 is 1.93 bits per heavy atom. The van der Waals surface area contributed by atoms with Crippen LogP contribution in [0.2, 0.25) is 0 Å². The Balaban J connectivity index is 1.44. The van der Waals surface area contributed by atoms with Crippen LogP contribution < -0.4 is 10.2 Å². The number of nitrogens with one attached hydrogen (secondary N) is 1. The molecule has 0 bridgehead atoms. The van der Waals surface area contributed by atoms with E-state index in [-0.39, 0.29) is 18.3 Å². The SMILES string of the molecule is Cc1cc2n(n1)CCC(NC(=O)c1ncn(Cc3cc(F)cc(F)c3)n1)C(=O)N2C. The zero-order valence-electron chi connectivity index (χ0n) is 16.3. The Kier molecular flexibility index (Phi) is 5.02. The predicted molar refractivity (Wildman–Crippen MR) is 102 cm³/mol. The number of carbonyl (C=O) groups excluding carboxylic acids is 2. The van der Waals surface area contributed by atoms with E-state index in [9.17, 15) is 18.4 Å². The van der Waals surface area contributed by atoms with E-state index in [0.717, 1.165) is 11.8 Å². The van der Waals surface area contributed by atoms with Gasteiger partial charge in [-0.3, -0.25) is 14.5 Å². The maximum absolute atomic E-state index is 13.3. The van der Waals surface area contributed by atoms with Gasteiger partial charge in [0.15, 0.2) is 0 Å². The largest absolute Gasteiger partial charge is 0.337 e. The van der Waals surface area contributed by atoms with Crippen molar-refractivity contribution in [1.29, 1.82) is 0 Å². The summed E-state index contributed by atoms with van der Waals surface area (Å²) in [4.78, 5) is 30.7. The number of amides is 2. The van der Waals surface area contributed by atoms with E-state index >= 15 is 0 Å². The third-order valence-electron chi connectivity index (χ3n) is 4.79. The molecule has 2 aromatic heterocycles.